The molecule has 2 heterocycles. The van der Waals surface area contributed by atoms with Crippen molar-refractivity contribution in [3.05, 3.63) is 86.9 Å². The molecule has 4 N–H and O–H groups in total. The topological polar surface area (TPSA) is 84.6 Å². The molecule has 3 aliphatic rings. The molecule has 5 nitrogen and oxygen atoms in total. The van der Waals surface area contributed by atoms with Crippen molar-refractivity contribution < 1.29 is 23.4 Å². The summed E-state index contributed by atoms with van der Waals surface area (Å²) >= 11 is 6.55. The maximum atomic E-state index is 16.3. The Bertz CT molecular complexity index is 1420. The van der Waals surface area contributed by atoms with Gasteiger partial charge in [-0.2, -0.15) is 0 Å². The average molecular weight is 525 g/mol. The smallest absolute Gasteiger partial charge is 0.249 e. The molecule has 1 fully saturated rings. The number of nitrogens with one attached hydrogen (secondary N) is 1. The molecule has 3 aromatic rings. The van der Waals surface area contributed by atoms with E-state index >= 15 is 8.78 Å². The van der Waals surface area contributed by atoms with Crippen molar-refractivity contribution in [3.63, 3.8) is 0 Å². The van der Waals surface area contributed by atoms with Gasteiger partial charge in [-0.15, -0.1) is 0 Å². The molecule has 1 aliphatic carbocycles. The van der Waals surface area contributed by atoms with Gasteiger partial charge in [0.25, 0.3) is 0 Å². The molecule has 8 heteroatoms. The molecule has 0 unspecified atom stereocenters. The zero-order valence-electron chi connectivity index (χ0n) is 20.3. The maximum Gasteiger partial charge on any atom is 0.249 e. The average Bonchev–Trinajstić information content (AvgIpc) is 3.60. The van der Waals surface area contributed by atoms with Gasteiger partial charge in [-0.1, -0.05) is 48.9 Å². The summed E-state index contributed by atoms with van der Waals surface area (Å²) in [6.45, 7) is 2.62. The van der Waals surface area contributed by atoms with E-state index in [1.165, 1.54) is 12.1 Å². The summed E-state index contributed by atoms with van der Waals surface area (Å²) in [6, 6.07) is 12.3. The lowest BCUT2D eigenvalue weighted by molar-refractivity contribution is 0.0539. The van der Waals surface area contributed by atoms with E-state index < -0.39 is 29.2 Å². The van der Waals surface area contributed by atoms with Gasteiger partial charge in [-0.05, 0) is 48.9 Å². The third-order valence-corrected chi connectivity index (χ3v) is 8.55. The molecule has 0 bridgehead atoms. The molecular weight excluding hydrogens is 498 g/mol. The van der Waals surface area contributed by atoms with Crippen LogP contribution in [0, 0.1) is 17.6 Å². The lowest BCUT2D eigenvalue weighted by Crippen LogP contribution is -2.48. The van der Waals surface area contributed by atoms with Crippen LogP contribution in [0.15, 0.2) is 42.5 Å². The number of halogens is 3. The van der Waals surface area contributed by atoms with E-state index in [-0.39, 0.29) is 51.4 Å². The van der Waals surface area contributed by atoms with Gasteiger partial charge in [0.15, 0.2) is 5.60 Å². The van der Waals surface area contributed by atoms with Gasteiger partial charge < -0.3 is 20.9 Å². The number of rotatable bonds is 4. The van der Waals surface area contributed by atoms with E-state index in [4.69, 9.17) is 22.1 Å². The van der Waals surface area contributed by atoms with Gasteiger partial charge >= 0.3 is 0 Å². The maximum absolute atomic E-state index is 16.3. The number of benzene rings is 3. The van der Waals surface area contributed by atoms with Crippen LogP contribution in [0.1, 0.15) is 58.5 Å². The van der Waals surface area contributed by atoms with Gasteiger partial charge in [0.2, 0.25) is 5.91 Å². The molecule has 0 saturated carbocycles. The molecule has 6 rings (SSSR count). The van der Waals surface area contributed by atoms with Crippen LogP contribution in [-0.2, 0) is 18.4 Å². The highest BCUT2D eigenvalue weighted by Gasteiger charge is 2.50. The Morgan fingerprint density at radius 1 is 1.22 bits per heavy atom. The Balaban J connectivity index is 1.61. The predicted molar refractivity (Wildman–Crippen MR) is 137 cm³/mol. The predicted octanol–water partition coefficient (Wildman–Crippen LogP) is 5.19. The van der Waals surface area contributed by atoms with Crippen LogP contribution in [0.2, 0.25) is 5.02 Å². The summed E-state index contributed by atoms with van der Waals surface area (Å²) in [4.78, 5) is 12.6. The van der Waals surface area contributed by atoms with Crippen molar-refractivity contribution in [1.29, 1.82) is 0 Å². The monoisotopic (exact) mass is 524 g/mol. The van der Waals surface area contributed by atoms with Crippen molar-refractivity contribution >= 4 is 17.5 Å². The summed E-state index contributed by atoms with van der Waals surface area (Å²) in [6.07, 6.45) is 1.43. The second-order valence-corrected chi connectivity index (χ2v) is 10.8. The fraction of sp³-hybridized carbons (Fsp3) is 0.345. The molecule has 4 atom stereocenters. The number of fused-ring (bicyclic) bond motifs is 2. The van der Waals surface area contributed by atoms with E-state index in [2.05, 4.69) is 5.32 Å². The Labute approximate surface area is 218 Å². The van der Waals surface area contributed by atoms with Crippen LogP contribution < -0.4 is 15.8 Å². The van der Waals surface area contributed by atoms with Crippen molar-refractivity contribution in [2.45, 2.75) is 50.4 Å². The van der Waals surface area contributed by atoms with Gasteiger partial charge in [0, 0.05) is 34.7 Å². The number of nitrogens with two attached hydrogens (primary N) is 1. The third kappa shape index (κ3) is 3.59. The Morgan fingerprint density at radius 3 is 2.65 bits per heavy atom. The van der Waals surface area contributed by atoms with Gasteiger partial charge in [0.1, 0.15) is 17.4 Å². The molecule has 37 heavy (non-hydrogen) atoms. The molecule has 1 saturated heterocycles. The highest BCUT2D eigenvalue weighted by atomic mass is 35.5. The fourth-order valence-corrected chi connectivity index (χ4v) is 6.67. The first-order valence-electron chi connectivity index (χ1n) is 12.5. The minimum absolute atomic E-state index is 0.0494. The molecule has 3 aromatic carbocycles. The number of hydrogen-bond acceptors (Lipinski definition) is 4. The Hall–Kier alpha value is -3.00. The molecular formula is C29H27ClF2N2O3. The third-order valence-electron chi connectivity index (χ3n) is 8.19. The highest BCUT2D eigenvalue weighted by Crippen LogP contribution is 2.53. The summed E-state index contributed by atoms with van der Waals surface area (Å²) < 4.78 is 38.2. The number of aliphatic hydroxyl groups is 1. The molecule has 2 aliphatic heterocycles. The summed E-state index contributed by atoms with van der Waals surface area (Å²) in [5.41, 5.74) is 6.64. The summed E-state index contributed by atoms with van der Waals surface area (Å²) in [7, 11) is 0. The largest absolute Gasteiger partial charge is 0.480 e. The number of aliphatic hydroxyl groups excluding tert-OH is 1. The van der Waals surface area contributed by atoms with Crippen molar-refractivity contribution in [1.82, 2.24) is 5.32 Å². The summed E-state index contributed by atoms with van der Waals surface area (Å²) in [5, 5.41) is 13.9. The SMILES string of the molecule is C[C@@H]1Cc2cc(C(N)=O)c(-c3c(Cl)c(F)cc4c3C[C@](c3ccccc3)([C@@H]3CCCN3)O4)c(F)c2[C@@H]1O. The molecule has 1 amide bonds. The lowest BCUT2D eigenvalue weighted by Gasteiger charge is -2.35. The standard InChI is InChI=1S/C29H27ClF2N2O3/c1-14-10-15-11-17(28(33)36)24(26(32)22(15)27(14)35)23-18-13-29(21-8-5-9-34-21,16-6-3-2-4-7-16)37-20(18)12-19(31)25(23)30/h2-4,6-7,11-12,14,21,27,34-35H,5,8-10,13H2,1H3,(H2,33,36)/t14-,21+,27-,29+/m1/s1. The normalized spacial score (nSPS) is 26.1. The first kappa shape index (κ1) is 24.3. The number of hydrogen-bond donors (Lipinski definition) is 3. The van der Waals surface area contributed by atoms with Crippen LogP contribution in [0.4, 0.5) is 8.78 Å². The first-order valence-corrected chi connectivity index (χ1v) is 12.9. The van der Waals surface area contributed by atoms with Crippen LogP contribution >= 0.6 is 11.6 Å². The van der Waals surface area contributed by atoms with Gasteiger partial charge in [0.05, 0.1) is 22.7 Å². The lowest BCUT2D eigenvalue weighted by atomic mass is 9.80. The van der Waals surface area contributed by atoms with Crippen LogP contribution in [0.5, 0.6) is 5.75 Å². The van der Waals surface area contributed by atoms with Crippen molar-refractivity contribution in [2.75, 3.05) is 6.54 Å². The van der Waals surface area contributed by atoms with E-state index in [1.807, 2.05) is 30.3 Å². The number of primary amides is 1. The minimum Gasteiger partial charge on any atom is -0.480 e. The Kier molecular flexibility index (Phi) is 5.78. The fourth-order valence-electron chi connectivity index (χ4n) is 6.41. The van der Waals surface area contributed by atoms with Crippen LogP contribution in [0.25, 0.3) is 11.1 Å². The van der Waals surface area contributed by atoms with E-state index in [0.717, 1.165) is 24.9 Å². The molecule has 0 radical (unpaired) electrons. The number of carbonyl (C=O) groups excluding carboxylic acids is 1. The van der Waals surface area contributed by atoms with Gasteiger partial charge in [-0.25, -0.2) is 8.78 Å². The van der Waals surface area contributed by atoms with Crippen LogP contribution in [0.3, 0.4) is 0 Å². The second-order valence-electron chi connectivity index (χ2n) is 10.4. The number of amides is 1. The second kappa shape index (κ2) is 8.79. The minimum atomic E-state index is -1.06. The van der Waals surface area contributed by atoms with E-state index in [9.17, 15) is 9.90 Å². The Morgan fingerprint density at radius 2 is 1.97 bits per heavy atom. The molecule has 0 spiro atoms. The summed E-state index contributed by atoms with van der Waals surface area (Å²) in [5.74, 6) is -2.43. The van der Waals surface area contributed by atoms with Crippen molar-refractivity contribution in [2.24, 2.45) is 11.7 Å². The number of carbonyl (C=O) groups is 1. The number of ether oxygens (including phenoxy) is 1. The quantitative estimate of drug-likeness (QED) is 0.438. The van der Waals surface area contributed by atoms with E-state index in [1.54, 1.807) is 6.92 Å². The van der Waals surface area contributed by atoms with E-state index in [0.29, 0.717) is 17.5 Å². The van der Waals surface area contributed by atoms with Crippen molar-refractivity contribution in [3.8, 4) is 16.9 Å². The molecule has 192 valence electrons. The molecule has 0 aromatic heterocycles. The van der Waals surface area contributed by atoms with Gasteiger partial charge in [-0.3, -0.25) is 4.79 Å². The highest BCUT2D eigenvalue weighted by molar-refractivity contribution is 6.34. The first-order chi connectivity index (χ1) is 17.7. The van der Waals surface area contributed by atoms with Crippen LogP contribution in [-0.4, -0.2) is 23.6 Å². The zero-order valence-corrected chi connectivity index (χ0v) is 21.0. The zero-order chi connectivity index (χ0) is 26.1.